The van der Waals surface area contributed by atoms with Gasteiger partial charge in [-0.1, -0.05) is 81.3 Å². The first kappa shape index (κ1) is 39.9. The van der Waals surface area contributed by atoms with Crippen LogP contribution in [0.5, 0.6) is 11.5 Å². The van der Waals surface area contributed by atoms with Crippen LogP contribution in [0.2, 0.25) is 5.02 Å². The lowest BCUT2D eigenvalue weighted by atomic mass is 10.00. The fraction of sp³-hybridized carbons (Fsp3) is 0.318. The molecular weight excluding hydrogens is 703 g/mol. The molecule has 4 aromatic carbocycles. The number of amides is 2. The van der Waals surface area contributed by atoms with Crippen molar-refractivity contribution in [2.24, 2.45) is 0 Å². The minimum absolute atomic E-state index is 0.0560. The van der Waals surface area contributed by atoms with E-state index in [0.717, 1.165) is 94.0 Å². The van der Waals surface area contributed by atoms with E-state index in [0.29, 0.717) is 36.7 Å². The second-order valence-electron chi connectivity index (χ2n) is 13.2. The molecule has 6 aromatic rings. The second-order valence-corrected chi connectivity index (χ2v) is 13.6. The molecule has 0 aliphatic rings. The zero-order chi connectivity index (χ0) is 38.6. The Morgan fingerprint density at radius 2 is 1.41 bits per heavy atom. The van der Waals surface area contributed by atoms with E-state index in [1.165, 1.54) is 24.3 Å². The lowest BCUT2D eigenvalue weighted by molar-refractivity contribution is -0.121. The molecule has 8 nitrogen and oxygen atoms in total. The average molecular weight is 753 g/mol. The van der Waals surface area contributed by atoms with Gasteiger partial charge in [0.15, 0.2) is 11.6 Å². The molecule has 54 heavy (non-hydrogen) atoms. The standard InChI is InChI=1S/C23H27FN2O2.C21H23ClN2O2/c1-4-7-22(27)25-11-10-17-18-13-21(28-3)19(24)14-20(18)26-23(17)16-9-6-8-15(5-2)12-16;1-3-4-14-5-7-15(8-6-14)21-16(9-10-23-13-25)17-11-20(26-2)18(22)12-19(17)24-21/h6,8-9,12-14,26H,4-5,7,10-11H2,1-3H3,(H,25,27);5-8,11-13,24H,3-4,9-10H2,1-2H3,(H,23,25). The topological polar surface area (TPSA) is 108 Å². The SMILES string of the molecule is CCCC(=O)NCCc1c(-c2cccc(CC)c2)[nH]c2cc(F)c(OC)cc12.CCCc1ccc(-c2[nH]c3cc(Cl)c(OC)cc3c2CCNC=O)cc1. The van der Waals surface area contributed by atoms with Gasteiger partial charge in [-0.15, -0.1) is 0 Å². The third kappa shape index (κ3) is 9.44. The van der Waals surface area contributed by atoms with E-state index >= 15 is 0 Å². The van der Waals surface area contributed by atoms with Crippen molar-refractivity contribution in [3.8, 4) is 34.0 Å². The van der Waals surface area contributed by atoms with Gasteiger partial charge in [-0.25, -0.2) is 4.39 Å². The summed E-state index contributed by atoms with van der Waals surface area (Å²) in [5.41, 5.74) is 10.7. The molecule has 0 atom stereocenters. The summed E-state index contributed by atoms with van der Waals surface area (Å²) in [4.78, 5) is 29.3. The van der Waals surface area contributed by atoms with E-state index < -0.39 is 5.82 Å². The van der Waals surface area contributed by atoms with Crippen LogP contribution in [0, 0.1) is 5.82 Å². The summed E-state index contributed by atoms with van der Waals surface area (Å²) in [5.74, 6) is 0.526. The highest BCUT2D eigenvalue weighted by Gasteiger charge is 2.18. The van der Waals surface area contributed by atoms with Crippen molar-refractivity contribution in [3.63, 3.8) is 0 Å². The molecule has 0 aliphatic carbocycles. The second kappa shape index (κ2) is 19.2. The number of hydrogen-bond acceptors (Lipinski definition) is 4. The maximum Gasteiger partial charge on any atom is 0.219 e. The molecule has 10 heteroatoms. The van der Waals surface area contributed by atoms with E-state index in [9.17, 15) is 14.0 Å². The summed E-state index contributed by atoms with van der Waals surface area (Å²) < 4.78 is 24.8. The number of halogens is 2. The molecule has 6 rings (SSSR count). The average Bonchev–Trinajstić information content (AvgIpc) is 3.71. The van der Waals surface area contributed by atoms with Crippen LogP contribution in [0.25, 0.3) is 44.3 Å². The molecule has 4 N–H and O–H groups in total. The number of hydrogen-bond donors (Lipinski definition) is 4. The molecule has 0 fully saturated rings. The Morgan fingerprint density at radius 1 is 0.759 bits per heavy atom. The molecule has 0 saturated carbocycles. The Bertz CT molecular complexity index is 2190. The number of rotatable bonds is 16. The Labute approximate surface area is 321 Å². The molecule has 0 unspecified atom stereocenters. The van der Waals surface area contributed by atoms with Crippen molar-refractivity contribution in [1.82, 2.24) is 20.6 Å². The smallest absolute Gasteiger partial charge is 0.219 e. The van der Waals surface area contributed by atoms with Crippen molar-refractivity contribution in [2.45, 2.75) is 65.7 Å². The summed E-state index contributed by atoms with van der Waals surface area (Å²) in [7, 11) is 3.08. The monoisotopic (exact) mass is 752 g/mol. The van der Waals surface area contributed by atoms with Gasteiger partial charge in [0, 0.05) is 58.8 Å². The van der Waals surface area contributed by atoms with Gasteiger partial charge >= 0.3 is 0 Å². The number of nitrogens with one attached hydrogen (secondary N) is 4. The highest BCUT2D eigenvalue weighted by molar-refractivity contribution is 6.32. The number of methoxy groups -OCH3 is 2. The first-order chi connectivity index (χ1) is 26.2. The number of carbonyl (C=O) groups excluding carboxylic acids is 2. The fourth-order valence-electron chi connectivity index (χ4n) is 6.80. The lowest BCUT2D eigenvalue weighted by Crippen LogP contribution is -2.25. The largest absolute Gasteiger partial charge is 0.495 e. The number of fused-ring (bicyclic) bond motifs is 2. The summed E-state index contributed by atoms with van der Waals surface area (Å²) in [6.07, 6.45) is 6.60. The molecule has 0 radical (unpaired) electrons. The van der Waals surface area contributed by atoms with Gasteiger partial charge in [0.2, 0.25) is 12.3 Å². The quantitative estimate of drug-likeness (QED) is 0.0583. The van der Waals surface area contributed by atoms with E-state index in [-0.39, 0.29) is 11.7 Å². The number of H-pyrrole nitrogens is 2. The highest BCUT2D eigenvalue weighted by atomic mass is 35.5. The fourth-order valence-corrected chi connectivity index (χ4v) is 7.04. The Hall–Kier alpha value is -5.28. The number of aromatic amines is 2. The highest BCUT2D eigenvalue weighted by Crippen LogP contribution is 2.37. The zero-order valence-corrected chi connectivity index (χ0v) is 32.5. The number of benzene rings is 4. The van der Waals surface area contributed by atoms with Gasteiger partial charge in [0.05, 0.1) is 19.2 Å². The first-order valence-corrected chi connectivity index (χ1v) is 19.0. The van der Waals surface area contributed by atoms with E-state index in [1.54, 1.807) is 13.2 Å². The molecule has 2 amide bonds. The minimum atomic E-state index is -0.395. The molecule has 2 heterocycles. The Morgan fingerprint density at radius 3 is 2.04 bits per heavy atom. The van der Waals surface area contributed by atoms with Crippen molar-refractivity contribution in [1.29, 1.82) is 0 Å². The summed E-state index contributed by atoms with van der Waals surface area (Å²) in [6.45, 7) is 7.39. The van der Waals surface area contributed by atoms with Gasteiger partial charge in [0.1, 0.15) is 5.75 Å². The van der Waals surface area contributed by atoms with Crippen molar-refractivity contribution in [3.05, 3.63) is 106 Å². The number of carbonyl (C=O) groups is 2. The van der Waals surface area contributed by atoms with Crippen LogP contribution in [0.3, 0.4) is 0 Å². The van der Waals surface area contributed by atoms with Crippen LogP contribution in [0.15, 0.2) is 72.8 Å². The maximum atomic E-state index is 14.2. The van der Waals surface area contributed by atoms with Crippen molar-refractivity contribution < 1.29 is 23.5 Å². The van der Waals surface area contributed by atoms with Crippen molar-refractivity contribution >= 4 is 45.7 Å². The molecule has 0 bridgehead atoms. The summed E-state index contributed by atoms with van der Waals surface area (Å²) in [6, 6.07) is 24.0. The minimum Gasteiger partial charge on any atom is -0.495 e. The van der Waals surface area contributed by atoms with Crippen LogP contribution in [-0.4, -0.2) is 49.6 Å². The first-order valence-electron chi connectivity index (χ1n) is 18.6. The third-order valence-corrected chi connectivity index (χ3v) is 9.83. The molecule has 284 valence electrons. The van der Waals surface area contributed by atoms with Crippen LogP contribution in [0.1, 0.15) is 62.3 Å². The van der Waals surface area contributed by atoms with Crippen LogP contribution in [0.4, 0.5) is 4.39 Å². The predicted octanol–water partition coefficient (Wildman–Crippen LogP) is 9.74. The Kier molecular flexibility index (Phi) is 14.2. The number of ether oxygens (including phenoxy) is 2. The van der Waals surface area contributed by atoms with Gasteiger partial charge in [-0.05, 0) is 89.8 Å². The summed E-state index contributed by atoms with van der Waals surface area (Å²) >= 11 is 6.29. The molecule has 0 aliphatic heterocycles. The zero-order valence-electron chi connectivity index (χ0n) is 31.8. The summed E-state index contributed by atoms with van der Waals surface area (Å²) in [5, 5.41) is 8.26. The maximum absolute atomic E-state index is 14.2. The van der Waals surface area contributed by atoms with Crippen molar-refractivity contribution in [2.75, 3.05) is 27.3 Å². The van der Waals surface area contributed by atoms with E-state index in [2.05, 4.69) is 76.9 Å². The normalized spacial score (nSPS) is 10.9. The molecule has 0 saturated heterocycles. The third-order valence-electron chi connectivity index (χ3n) is 9.54. The van der Waals surface area contributed by atoms with Crippen LogP contribution in [-0.2, 0) is 35.3 Å². The molecular formula is C44H50ClFN4O4. The van der Waals surface area contributed by atoms with E-state index in [4.69, 9.17) is 21.1 Å². The molecule has 2 aromatic heterocycles. The van der Waals surface area contributed by atoms with Crippen LogP contribution < -0.4 is 20.1 Å². The van der Waals surface area contributed by atoms with Gasteiger partial charge in [-0.3, -0.25) is 9.59 Å². The van der Waals surface area contributed by atoms with Gasteiger partial charge < -0.3 is 30.1 Å². The Balaban J connectivity index is 0.000000208. The van der Waals surface area contributed by atoms with Gasteiger partial charge in [-0.2, -0.15) is 0 Å². The van der Waals surface area contributed by atoms with Gasteiger partial charge in [0.25, 0.3) is 0 Å². The molecule has 0 spiro atoms. The van der Waals surface area contributed by atoms with E-state index in [1.807, 2.05) is 25.1 Å². The predicted molar refractivity (Wildman–Crippen MR) is 218 cm³/mol. The lowest BCUT2D eigenvalue weighted by Gasteiger charge is -2.09. The number of aromatic nitrogens is 2. The van der Waals surface area contributed by atoms with Crippen LogP contribution >= 0.6 is 11.6 Å². The number of aryl methyl sites for hydroxylation is 2.